The summed E-state index contributed by atoms with van der Waals surface area (Å²) in [5.41, 5.74) is 0.753. The molecule has 0 spiro atoms. The molecular formula is C23H16ClN3O6. The number of nitro groups is 1. The number of halogens is 1. The molecule has 0 fully saturated rings. The highest BCUT2D eigenvalue weighted by Gasteiger charge is 2.36. The number of benzene rings is 3. The monoisotopic (exact) mass is 465 g/mol. The van der Waals surface area contributed by atoms with Crippen molar-refractivity contribution in [3.63, 3.8) is 0 Å². The molecule has 166 valence electrons. The molecule has 33 heavy (non-hydrogen) atoms. The van der Waals surface area contributed by atoms with Gasteiger partial charge in [0.05, 0.1) is 39.1 Å². The van der Waals surface area contributed by atoms with Crippen LogP contribution in [-0.2, 0) is 0 Å². The number of fused-ring (bicyclic) bond motifs is 1. The Balaban J connectivity index is 1.57. The third-order valence-electron chi connectivity index (χ3n) is 4.97. The van der Waals surface area contributed by atoms with Crippen LogP contribution in [0.15, 0.2) is 60.7 Å². The van der Waals surface area contributed by atoms with Crippen LogP contribution in [-0.4, -0.2) is 29.3 Å². The standard InChI is InChI=1S/C23H16ClN3O6/c1-2-33-20-10-7-13(11-19(20)27(31)32)21(28)25-18-9-8-14(12-17(18)24)26-22(29)15-5-3-4-6-16(15)23(26)30/h3-12H,2H2,1H3,(H,25,28). The minimum atomic E-state index is -0.633. The summed E-state index contributed by atoms with van der Waals surface area (Å²) in [7, 11) is 0. The zero-order valence-corrected chi connectivity index (χ0v) is 18.0. The van der Waals surface area contributed by atoms with Gasteiger partial charge in [-0.2, -0.15) is 0 Å². The Hall–Kier alpha value is -4.24. The summed E-state index contributed by atoms with van der Waals surface area (Å²) in [6, 6.07) is 14.7. The highest BCUT2D eigenvalue weighted by Crippen LogP contribution is 2.33. The summed E-state index contributed by atoms with van der Waals surface area (Å²) >= 11 is 6.30. The van der Waals surface area contributed by atoms with Crippen LogP contribution in [0.2, 0.25) is 5.02 Å². The zero-order valence-electron chi connectivity index (χ0n) is 17.2. The summed E-state index contributed by atoms with van der Waals surface area (Å²) in [6.45, 7) is 1.93. The first kappa shape index (κ1) is 22.0. The Morgan fingerprint density at radius 2 is 1.73 bits per heavy atom. The van der Waals surface area contributed by atoms with E-state index in [1.807, 2.05) is 0 Å². The first-order chi connectivity index (χ1) is 15.8. The van der Waals surface area contributed by atoms with Gasteiger partial charge in [-0.3, -0.25) is 24.5 Å². The van der Waals surface area contributed by atoms with Gasteiger partial charge in [0, 0.05) is 11.6 Å². The second-order valence-electron chi connectivity index (χ2n) is 6.98. The number of carbonyl (C=O) groups is 3. The molecular weight excluding hydrogens is 450 g/mol. The average molecular weight is 466 g/mol. The predicted molar refractivity (Wildman–Crippen MR) is 121 cm³/mol. The van der Waals surface area contributed by atoms with Crippen molar-refractivity contribution in [1.29, 1.82) is 0 Å². The SMILES string of the molecule is CCOc1ccc(C(=O)Nc2ccc(N3C(=O)c4ccccc4C3=O)cc2Cl)cc1[N+](=O)[O-]. The molecule has 4 rings (SSSR count). The molecule has 9 nitrogen and oxygen atoms in total. The molecule has 3 amide bonds. The quantitative estimate of drug-likeness (QED) is 0.320. The van der Waals surface area contributed by atoms with Crippen LogP contribution in [0, 0.1) is 10.1 Å². The van der Waals surface area contributed by atoms with E-state index >= 15 is 0 Å². The number of hydrogen-bond donors (Lipinski definition) is 1. The van der Waals surface area contributed by atoms with E-state index in [1.165, 1.54) is 30.3 Å². The van der Waals surface area contributed by atoms with Crippen LogP contribution in [0.5, 0.6) is 5.75 Å². The Bertz CT molecular complexity index is 1290. The number of nitrogens with zero attached hydrogens (tertiary/aromatic N) is 2. The molecule has 0 saturated heterocycles. The molecule has 0 aliphatic carbocycles. The third kappa shape index (κ3) is 4.01. The van der Waals surface area contributed by atoms with Crippen molar-refractivity contribution in [2.24, 2.45) is 0 Å². The van der Waals surface area contributed by atoms with Crippen LogP contribution in [0.1, 0.15) is 38.0 Å². The second kappa shape index (κ2) is 8.71. The van der Waals surface area contributed by atoms with Gasteiger partial charge in [-0.15, -0.1) is 0 Å². The maximum atomic E-state index is 12.7. The lowest BCUT2D eigenvalue weighted by Gasteiger charge is -2.16. The Kier molecular flexibility index (Phi) is 5.80. The summed E-state index contributed by atoms with van der Waals surface area (Å²) in [5.74, 6) is -1.51. The summed E-state index contributed by atoms with van der Waals surface area (Å²) in [4.78, 5) is 49.6. The molecule has 0 atom stereocenters. The van der Waals surface area contributed by atoms with E-state index < -0.39 is 22.6 Å². The predicted octanol–water partition coefficient (Wildman–Crippen LogP) is 4.70. The molecule has 10 heteroatoms. The van der Waals surface area contributed by atoms with Crippen LogP contribution < -0.4 is 15.0 Å². The lowest BCUT2D eigenvalue weighted by atomic mass is 10.1. The largest absolute Gasteiger partial charge is 0.487 e. The first-order valence-electron chi connectivity index (χ1n) is 9.81. The number of imide groups is 1. The summed E-state index contributed by atoms with van der Waals surface area (Å²) in [6.07, 6.45) is 0. The van der Waals surface area contributed by atoms with Crippen LogP contribution in [0.4, 0.5) is 17.1 Å². The van der Waals surface area contributed by atoms with Crippen LogP contribution in [0.3, 0.4) is 0 Å². The molecule has 0 radical (unpaired) electrons. The minimum absolute atomic E-state index is 0.0330. The van der Waals surface area contributed by atoms with E-state index in [1.54, 1.807) is 31.2 Å². The lowest BCUT2D eigenvalue weighted by molar-refractivity contribution is -0.385. The fraction of sp³-hybridized carbons (Fsp3) is 0.0870. The molecule has 0 unspecified atom stereocenters. The number of carbonyl (C=O) groups excluding carboxylic acids is 3. The number of nitro benzene ring substituents is 1. The van der Waals surface area contributed by atoms with Gasteiger partial charge in [-0.1, -0.05) is 23.7 Å². The number of rotatable bonds is 6. The average Bonchev–Trinajstić information content (AvgIpc) is 3.05. The van der Waals surface area contributed by atoms with Gasteiger partial charge in [-0.05, 0) is 49.4 Å². The lowest BCUT2D eigenvalue weighted by Crippen LogP contribution is -2.29. The van der Waals surface area contributed by atoms with Crippen molar-refractivity contribution in [3.8, 4) is 5.75 Å². The number of amides is 3. The van der Waals surface area contributed by atoms with E-state index in [4.69, 9.17) is 16.3 Å². The highest BCUT2D eigenvalue weighted by molar-refractivity contribution is 6.37. The normalized spacial score (nSPS) is 12.5. The second-order valence-corrected chi connectivity index (χ2v) is 7.39. The summed E-state index contributed by atoms with van der Waals surface area (Å²) < 4.78 is 5.22. The molecule has 1 heterocycles. The van der Waals surface area contributed by atoms with E-state index in [-0.39, 0.29) is 40.0 Å². The third-order valence-corrected chi connectivity index (χ3v) is 5.28. The molecule has 1 aliphatic heterocycles. The molecule has 0 bridgehead atoms. The highest BCUT2D eigenvalue weighted by atomic mass is 35.5. The maximum Gasteiger partial charge on any atom is 0.311 e. The topological polar surface area (TPSA) is 119 Å². The fourth-order valence-corrected chi connectivity index (χ4v) is 3.66. The number of nitrogens with one attached hydrogen (secondary N) is 1. The van der Waals surface area contributed by atoms with E-state index in [0.717, 1.165) is 11.0 Å². The fourth-order valence-electron chi connectivity index (χ4n) is 3.44. The Morgan fingerprint density at radius 1 is 1.06 bits per heavy atom. The van der Waals surface area contributed by atoms with Crippen molar-refractivity contribution in [2.45, 2.75) is 6.92 Å². The molecule has 3 aromatic carbocycles. The van der Waals surface area contributed by atoms with E-state index in [9.17, 15) is 24.5 Å². The number of hydrogen-bond acceptors (Lipinski definition) is 6. The van der Waals surface area contributed by atoms with Crippen molar-refractivity contribution in [3.05, 3.63) is 92.5 Å². The molecule has 1 N–H and O–H groups in total. The first-order valence-corrected chi connectivity index (χ1v) is 10.2. The van der Waals surface area contributed by atoms with E-state index in [0.29, 0.717) is 11.1 Å². The van der Waals surface area contributed by atoms with Gasteiger partial charge < -0.3 is 10.1 Å². The van der Waals surface area contributed by atoms with Crippen LogP contribution in [0.25, 0.3) is 0 Å². The molecule has 3 aromatic rings. The number of anilines is 2. The van der Waals surface area contributed by atoms with Gasteiger partial charge in [-0.25, -0.2) is 4.90 Å². The van der Waals surface area contributed by atoms with Gasteiger partial charge in [0.15, 0.2) is 5.75 Å². The van der Waals surface area contributed by atoms with Gasteiger partial charge >= 0.3 is 5.69 Å². The zero-order chi connectivity index (χ0) is 23.7. The smallest absolute Gasteiger partial charge is 0.311 e. The van der Waals surface area contributed by atoms with Gasteiger partial charge in [0.2, 0.25) is 0 Å². The Labute approximate surface area is 192 Å². The molecule has 0 saturated carbocycles. The van der Waals surface area contributed by atoms with Crippen molar-refractivity contribution in [1.82, 2.24) is 0 Å². The van der Waals surface area contributed by atoms with Gasteiger partial charge in [0.1, 0.15) is 0 Å². The van der Waals surface area contributed by atoms with E-state index in [2.05, 4.69) is 5.32 Å². The van der Waals surface area contributed by atoms with Crippen molar-refractivity contribution >= 4 is 46.4 Å². The van der Waals surface area contributed by atoms with Crippen molar-refractivity contribution < 1.29 is 24.0 Å². The Morgan fingerprint density at radius 3 is 2.30 bits per heavy atom. The number of ether oxygens (including phenoxy) is 1. The minimum Gasteiger partial charge on any atom is -0.487 e. The molecule has 1 aliphatic rings. The van der Waals surface area contributed by atoms with Gasteiger partial charge in [0.25, 0.3) is 17.7 Å². The van der Waals surface area contributed by atoms with Crippen molar-refractivity contribution in [2.75, 3.05) is 16.8 Å². The maximum absolute atomic E-state index is 12.7. The summed E-state index contributed by atoms with van der Waals surface area (Å²) in [5, 5.41) is 14.0. The van der Waals surface area contributed by atoms with Crippen LogP contribution >= 0.6 is 11.6 Å². The molecule has 0 aromatic heterocycles.